The van der Waals surface area contributed by atoms with Crippen molar-refractivity contribution in [2.45, 2.75) is 33.1 Å². The lowest BCUT2D eigenvalue weighted by Gasteiger charge is -2.20. The van der Waals surface area contributed by atoms with E-state index in [9.17, 15) is 4.79 Å². The highest BCUT2D eigenvalue weighted by Crippen LogP contribution is 2.28. The minimum atomic E-state index is 0.0210. The molecule has 6 nitrogen and oxygen atoms in total. The van der Waals surface area contributed by atoms with Crippen LogP contribution in [-0.2, 0) is 26.3 Å². The van der Waals surface area contributed by atoms with Crippen LogP contribution < -0.4 is 0 Å². The quantitative estimate of drug-likeness (QED) is 0.716. The van der Waals surface area contributed by atoms with Gasteiger partial charge >= 0.3 is 0 Å². The van der Waals surface area contributed by atoms with Crippen LogP contribution in [-0.4, -0.2) is 38.8 Å². The maximum Gasteiger partial charge on any atom is 0.259 e. The highest BCUT2D eigenvalue weighted by Gasteiger charge is 2.28. The average molecular weight is 364 g/mol. The normalized spacial score (nSPS) is 14.1. The molecule has 27 heavy (non-hydrogen) atoms. The fourth-order valence-corrected chi connectivity index (χ4v) is 3.90. The molecule has 0 aliphatic carbocycles. The van der Waals surface area contributed by atoms with E-state index in [4.69, 9.17) is 9.62 Å². The smallest absolute Gasteiger partial charge is 0.259 e. The van der Waals surface area contributed by atoms with Crippen LogP contribution in [0.1, 0.15) is 40.0 Å². The number of amides is 1. The Bertz CT molecular complexity index is 972. The fourth-order valence-electron chi connectivity index (χ4n) is 3.90. The summed E-state index contributed by atoms with van der Waals surface area (Å²) in [5.41, 5.74) is 5.98. The minimum absolute atomic E-state index is 0.0210. The van der Waals surface area contributed by atoms with Crippen LogP contribution >= 0.6 is 0 Å². The lowest BCUT2D eigenvalue weighted by atomic mass is 10.0. The molecule has 0 radical (unpaired) electrons. The molecule has 0 bridgehead atoms. The average Bonchev–Trinajstić information content (AvgIpc) is 3.12. The highest BCUT2D eigenvalue weighted by atomic mass is 16.5. The van der Waals surface area contributed by atoms with Crippen LogP contribution in [0.15, 0.2) is 34.9 Å². The maximum atomic E-state index is 13.1. The van der Waals surface area contributed by atoms with Crippen LogP contribution in [0.3, 0.4) is 0 Å². The first-order valence-electron chi connectivity index (χ1n) is 9.44. The zero-order valence-corrected chi connectivity index (χ0v) is 16.0. The van der Waals surface area contributed by atoms with Gasteiger partial charge in [0.1, 0.15) is 11.3 Å². The van der Waals surface area contributed by atoms with Crippen molar-refractivity contribution in [2.75, 3.05) is 13.1 Å². The second-order valence-electron chi connectivity index (χ2n) is 6.97. The molecule has 0 spiro atoms. The molecule has 1 amide bonds. The van der Waals surface area contributed by atoms with Gasteiger partial charge in [0.05, 0.1) is 11.4 Å². The van der Waals surface area contributed by atoms with Crippen molar-refractivity contribution >= 4 is 5.91 Å². The first-order chi connectivity index (χ1) is 13.1. The van der Waals surface area contributed by atoms with Crippen LogP contribution in [0.4, 0.5) is 0 Å². The molecule has 0 N–H and O–H groups in total. The van der Waals surface area contributed by atoms with Gasteiger partial charge in [-0.2, -0.15) is 5.10 Å². The van der Waals surface area contributed by atoms with Crippen molar-refractivity contribution in [3.05, 3.63) is 58.6 Å². The molecule has 0 fully saturated rings. The van der Waals surface area contributed by atoms with Crippen LogP contribution in [0.5, 0.6) is 0 Å². The van der Waals surface area contributed by atoms with Gasteiger partial charge in [0.25, 0.3) is 5.91 Å². The van der Waals surface area contributed by atoms with E-state index < -0.39 is 0 Å². The third-order valence-corrected chi connectivity index (χ3v) is 5.34. The monoisotopic (exact) mass is 364 g/mol. The maximum absolute atomic E-state index is 13.1. The van der Waals surface area contributed by atoms with Gasteiger partial charge in [0.2, 0.25) is 0 Å². The number of benzene rings is 1. The Kier molecular flexibility index (Phi) is 4.56. The predicted molar refractivity (Wildman–Crippen MR) is 103 cm³/mol. The zero-order valence-electron chi connectivity index (χ0n) is 16.0. The summed E-state index contributed by atoms with van der Waals surface area (Å²) >= 11 is 0. The Labute approximate surface area is 158 Å². The number of aromatic nitrogens is 3. The van der Waals surface area contributed by atoms with Gasteiger partial charge in [-0.3, -0.25) is 9.48 Å². The summed E-state index contributed by atoms with van der Waals surface area (Å²) in [5, 5.41) is 8.79. The molecule has 0 saturated carbocycles. The van der Waals surface area contributed by atoms with E-state index in [1.54, 1.807) is 0 Å². The van der Waals surface area contributed by atoms with Gasteiger partial charge in [0, 0.05) is 43.4 Å². The highest BCUT2D eigenvalue weighted by molar-refractivity contribution is 5.96. The Morgan fingerprint density at radius 1 is 1.19 bits per heavy atom. The second-order valence-corrected chi connectivity index (χ2v) is 6.97. The van der Waals surface area contributed by atoms with Gasteiger partial charge in [-0.25, -0.2) is 0 Å². The Hall–Kier alpha value is -2.89. The summed E-state index contributed by atoms with van der Waals surface area (Å²) in [7, 11) is 1.99. The Balaban J connectivity index is 1.62. The largest absolute Gasteiger partial charge is 0.361 e. The standard InChI is InChI=1S/C21H24N4O2/c1-4-17-19(14(2)27-23-17)21(26)25-12-10-16-18(11-13-25)24(3)22-20(16)15-8-6-5-7-9-15/h5-9H,4,10-13H2,1-3H3. The molecule has 1 aliphatic heterocycles. The fraction of sp³-hybridized carbons (Fsp3) is 0.381. The van der Waals surface area contributed by atoms with Crippen LogP contribution in [0, 0.1) is 6.92 Å². The number of nitrogens with zero attached hydrogens (tertiary/aromatic N) is 4. The minimum Gasteiger partial charge on any atom is -0.361 e. The summed E-state index contributed by atoms with van der Waals surface area (Å²) < 4.78 is 7.23. The van der Waals surface area contributed by atoms with Gasteiger partial charge in [-0.1, -0.05) is 42.4 Å². The van der Waals surface area contributed by atoms with Gasteiger partial charge < -0.3 is 9.42 Å². The van der Waals surface area contributed by atoms with E-state index in [2.05, 4.69) is 17.3 Å². The molecule has 2 aromatic heterocycles. The van der Waals surface area contributed by atoms with Crippen molar-refractivity contribution in [1.82, 2.24) is 19.8 Å². The summed E-state index contributed by atoms with van der Waals surface area (Å²) in [5.74, 6) is 0.623. The number of hydrogen-bond acceptors (Lipinski definition) is 4. The van der Waals surface area contributed by atoms with Gasteiger partial charge in [-0.15, -0.1) is 0 Å². The Morgan fingerprint density at radius 2 is 1.93 bits per heavy atom. The van der Waals surface area contributed by atoms with E-state index in [-0.39, 0.29) is 5.91 Å². The molecule has 140 valence electrons. The molecule has 0 unspecified atom stereocenters. The van der Waals surface area contributed by atoms with Crippen molar-refractivity contribution in [1.29, 1.82) is 0 Å². The van der Waals surface area contributed by atoms with E-state index >= 15 is 0 Å². The van der Waals surface area contributed by atoms with Crippen molar-refractivity contribution < 1.29 is 9.32 Å². The molecule has 0 saturated heterocycles. The number of fused-ring (bicyclic) bond motifs is 1. The molecule has 3 aromatic rings. The molecular formula is C21H24N4O2. The van der Waals surface area contributed by atoms with E-state index in [0.717, 1.165) is 29.8 Å². The van der Waals surface area contributed by atoms with Crippen molar-refractivity contribution in [3.8, 4) is 11.3 Å². The SMILES string of the molecule is CCc1noc(C)c1C(=O)N1CCc2c(-c3ccccc3)nn(C)c2CC1. The predicted octanol–water partition coefficient (Wildman–Crippen LogP) is 3.19. The number of aryl methyl sites for hydroxylation is 3. The number of rotatable bonds is 3. The first-order valence-corrected chi connectivity index (χ1v) is 9.44. The zero-order chi connectivity index (χ0) is 19.0. The van der Waals surface area contributed by atoms with Crippen LogP contribution in [0.2, 0.25) is 0 Å². The summed E-state index contributed by atoms with van der Waals surface area (Å²) in [4.78, 5) is 15.1. The Morgan fingerprint density at radius 3 is 2.67 bits per heavy atom. The third-order valence-electron chi connectivity index (χ3n) is 5.34. The number of carbonyl (C=O) groups is 1. The second kappa shape index (κ2) is 7.02. The lowest BCUT2D eigenvalue weighted by molar-refractivity contribution is 0.0760. The van der Waals surface area contributed by atoms with E-state index in [0.29, 0.717) is 30.8 Å². The third kappa shape index (κ3) is 3.05. The molecule has 1 aliphatic rings. The summed E-state index contributed by atoms with van der Waals surface area (Å²) in [6.07, 6.45) is 2.28. The van der Waals surface area contributed by atoms with Crippen LogP contribution in [0.25, 0.3) is 11.3 Å². The number of carbonyl (C=O) groups excluding carboxylic acids is 1. The molecule has 4 rings (SSSR count). The molecule has 3 heterocycles. The summed E-state index contributed by atoms with van der Waals surface area (Å²) in [6.45, 7) is 5.14. The topological polar surface area (TPSA) is 64.2 Å². The molecule has 1 aromatic carbocycles. The van der Waals surface area contributed by atoms with Crippen molar-refractivity contribution in [2.24, 2.45) is 7.05 Å². The lowest BCUT2D eigenvalue weighted by Crippen LogP contribution is -2.34. The van der Waals surface area contributed by atoms with Crippen molar-refractivity contribution in [3.63, 3.8) is 0 Å². The molecule has 6 heteroatoms. The first kappa shape index (κ1) is 17.5. The summed E-state index contributed by atoms with van der Waals surface area (Å²) in [6, 6.07) is 10.3. The number of hydrogen-bond donors (Lipinski definition) is 0. The van der Waals surface area contributed by atoms with E-state index in [1.165, 1.54) is 11.3 Å². The van der Waals surface area contributed by atoms with E-state index in [1.807, 2.05) is 48.7 Å². The van der Waals surface area contributed by atoms with Gasteiger partial charge in [-0.05, 0) is 19.8 Å². The molecule has 0 atom stereocenters. The van der Waals surface area contributed by atoms with Gasteiger partial charge in [0.15, 0.2) is 0 Å². The molecular weight excluding hydrogens is 340 g/mol.